The maximum Gasteiger partial charge on any atom is 0.272 e. The Labute approximate surface area is 106 Å². The van der Waals surface area contributed by atoms with Gasteiger partial charge in [0.05, 0.1) is 6.61 Å². The quantitative estimate of drug-likeness (QED) is 0.644. The second-order valence-electron chi connectivity index (χ2n) is 3.84. The Hall–Kier alpha value is -1.60. The summed E-state index contributed by atoms with van der Waals surface area (Å²) in [6, 6.07) is 1.53. The van der Waals surface area contributed by atoms with Gasteiger partial charge >= 0.3 is 0 Å². The van der Waals surface area contributed by atoms with Gasteiger partial charge < -0.3 is 20.1 Å². The maximum atomic E-state index is 12.2. The molecule has 3 N–H and O–H groups in total. The van der Waals surface area contributed by atoms with Crippen LogP contribution in [-0.2, 0) is 9.47 Å². The zero-order chi connectivity index (χ0) is 13.4. The summed E-state index contributed by atoms with van der Waals surface area (Å²) in [6.07, 6.45) is 0.773. The zero-order valence-corrected chi connectivity index (χ0v) is 10.8. The van der Waals surface area contributed by atoms with Gasteiger partial charge in [0.25, 0.3) is 5.91 Å². The van der Waals surface area contributed by atoms with Crippen LogP contribution in [0, 0.1) is 0 Å². The van der Waals surface area contributed by atoms with Crippen LogP contribution in [0.5, 0.6) is 0 Å². The molecule has 0 unspecified atom stereocenters. The number of aromatic nitrogens is 2. The number of carbonyl (C=O) groups excluding carboxylic acids is 1. The third-order valence-electron chi connectivity index (χ3n) is 2.46. The molecule has 0 saturated heterocycles. The van der Waals surface area contributed by atoms with Crippen LogP contribution in [0.4, 0.5) is 5.82 Å². The number of nitrogens with zero attached hydrogens (tertiary/aromatic N) is 2. The summed E-state index contributed by atoms with van der Waals surface area (Å²) in [4.78, 5) is 13.9. The van der Waals surface area contributed by atoms with E-state index in [0.29, 0.717) is 37.8 Å². The lowest BCUT2D eigenvalue weighted by atomic mass is 10.3. The number of aromatic amines is 1. The van der Waals surface area contributed by atoms with Gasteiger partial charge in [-0.3, -0.25) is 9.89 Å². The molecule has 7 heteroatoms. The molecule has 0 aromatic carbocycles. The number of nitrogens with one attached hydrogen (secondary N) is 1. The zero-order valence-electron chi connectivity index (χ0n) is 10.8. The lowest BCUT2D eigenvalue weighted by Gasteiger charge is -2.21. The molecule has 0 fully saturated rings. The number of ether oxygens (including phenoxy) is 2. The van der Waals surface area contributed by atoms with Crippen molar-refractivity contribution in [1.82, 2.24) is 15.1 Å². The van der Waals surface area contributed by atoms with Gasteiger partial charge in [0.2, 0.25) is 0 Å². The van der Waals surface area contributed by atoms with Gasteiger partial charge in [-0.1, -0.05) is 0 Å². The molecule has 0 aliphatic carbocycles. The van der Waals surface area contributed by atoms with E-state index in [9.17, 15) is 4.79 Å². The fourth-order valence-electron chi connectivity index (χ4n) is 1.53. The molecule has 1 amide bonds. The number of carbonyl (C=O) groups is 1. The summed E-state index contributed by atoms with van der Waals surface area (Å²) in [5.41, 5.74) is 5.87. The minimum absolute atomic E-state index is 0.132. The van der Waals surface area contributed by atoms with Crippen molar-refractivity contribution in [3.05, 3.63) is 11.8 Å². The number of rotatable bonds is 8. The van der Waals surface area contributed by atoms with Gasteiger partial charge in [-0.2, -0.15) is 5.10 Å². The van der Waals surface area contributed by atoms with E-state index in [1.54, 1.807) is 19.1 Å². The first-order chi connectivity index (χ1) is 8.69. The van der Waals surface area contributed by atoms with E-state index in [1.165, 1.54) is 6.07 Å². The molecule has 1 aromatic rings. The maximum absolute atomic E-state index is 12.2. The lowest BCUT2D eigenvalue weighted by Crippen LogP contribution is -2.35. The summed E-state index contributed by atoms with van der Waals surface area (Å²) in [5, 5.41) is 6.36. The minimum Gasteiger partial charge on any atom is -0.385 e. The average molecular weight is 256 g/mol. The highest BCUT2D eigenvalue weighted by molar-refractivity contribution is 5.92. The van der Waals surface area contributed by atoms with Crippen LogP contribution in [0.1, 0.15) is 16.9 Å². The normalized spacial score (nSPS) is 10.6. The van der Waals surface area contributed by atoms with Crippen molar-refractivity contribution in [2.45, 2.75) is 6.42 Å². The first-order valence-corrected chi connectivity index (χ1v) is 5.77. The SMILES string of the molecule is COCCCN(CCOC)C(=O)c1cc(N)n[nH]1. The highest BCUT2D eigenvalue weighted by atomic mass is 16.5. The van der Waals surface area contributed by atoms with Crippen LogP contribution >= 0.6 is 0 Å². The molecule has 7 nitrogen and oxygen atoms in total. The van der Waals surface area contributed by atoms with E-state index < -0.39 is 0 Å². The molecule has 1 aromatic heterocycles. The number of amides is 1. The summed E-state index contributed by atoms with van der Waals surface area (Å²) >= 11 is 0. The van der Waals surface area contributed by atoms with Crippen LogP contribution in [0.15, 0.2) is 6.07 Å². The third-order valence-corrected chi connectivity index (χ3v) is 2.46. The molecule has 102 valence electrons. The van der Waals surface area contributed by atoms with Crippen LogP contribution in [-0.4, -0.2) is 61.5 Å². The minimum atomic E-state index is -0.132. The number of anilines is 1. The molecule has 1 rings (SSSR count). The smallest absolute Gasteiger partial charge is 0.272 e. The van der Waals surface area contributed by atoms with Crippen molar-refractivity contribution in [2.24, 2.45) is 0 Å². The predicted octanol–water partition coefficient (Wildman–Crippen LogP) is 0.117. The van der Waals surface area contributed by atoms with Gasteiger partial charge in [-0.25, -0.2) is 0 Å². The highest BCUT2D eigenvalue weighted by Gasteiger charge is 2.17. The van der Waals surface area contributed by atoms with E-state index in [4.69, 9.17) is 15.2 Å². The van der Waals surface area contributed by atoms with Crippen LogP contribution < -0.4 is 5.73 Å². The second-order valence-corrected chi connectivity index (χ2v) is 3.84. The first-order valence-electron chi connectivity index (χ1n) is 5.77. The van der Waals surface area contributed by atoms with E-state index in [1.807, 2.05) is 0 Å². The molecule has 0 bridgehead atoms. The molecule has 18 heavy (non-hydrogen) atoms. The summed E-state index contributed by atoms with van der Waals surface area (Å²) in [7, 11) is 3.24. The topological polar surface area (TPSA) is 93.5 Å². The van der Waals surface area contributed by atoms with Gasteiger partial charge in [-0.05, 0) is 6.42 Å². The monoisotopic (exact) mass is 256 g/mol. The molecular weight excluding hydrogens is 236 g/mol. The van der Waals surface area contributed by atoms with Gasteiger partial charge in [0.15, 0.2) is 0 Å². The summed E-state index contributed by atoms with van der Waals surface area (Å²) in [6.45, 7) is 2.23. The molecular formula is C11H20N4O3. The van der Waals surface area contributed by atoms with Crippen LogP contribution in [0.25, 0.3) is 0 Å². The number of nitrogen functional groups attached to an aromatic ring is 1. The van der Waals surface area contributed by atoms with Crippen LogP contribution in [0.3, 0.4) is 0 Å². The number of nitrogens with two attached hydrogens (primary N) is 1. The molecule has 0 atom stereocenters. The Kier molecular flexibility index (Phi) is 6.16. The lowest BCUT2D eigenvalue weighted by molar-refractivity contribution is 0.0668. The number of hydrogen-bond acceptors (Lipinski definition) is 5. The first kappa shape index (κ1) is 14.5. The Morgan fingerprint density at radius 3 is 2.67 bits per heavy atom. The van der Waals surface area contributed by atoms with Crippen molar-refractivity contribution in [3.8, 4) is 0 Å². The molecule has 0 saturated carbocycles. The Bertz CT molecular complexity index is 367. The average Bonchev–Trinajstić information content (AvgIpc) is 2.79. The van der Waals surface area contributed by atoms with Crippen molar-refractivity contribution < 1.29 is 14.3 Å². The Morgan fingerprint density at radius 1 is 1.39 bits per heavy atom. The fourth-order valence-corrected chi connectivity index (χ4v) is 1.53. The second kappa shape index (κ2) is 7.67. The van der Waals surface area contributed by atoms with Gasteiger partial charge in [-0.15, -0.1) is 0 Å². The van der Waals surface area contributed by atoms with E-state index >= 15 is 0 Å². The standard InChI is InChI=1S/C11H20N4O3/c1-17-6-3-4-15(5-7-18-2)11(16)9-8-10(12)14-13-9/h8H,3-7H2,1-2H3,(H3,12,13,14). The summed E-state index contributed by atoms with van der Waals surface area (Å²) < 4.78 is 9.97. The Morgan fingerprint density at radius 2 is 2.11 bits per heavy atom. The Balaban J connectivity index is 2.59. The van der Waals surface area contributed by atoms with Gasteiger partial charge in [0.1, 0.15) is 11.5 Å². The largest absolute Gasteiger partial charge is 0.385 e. The molecule has 1 heterocycles. The van der Waals surface area contributed by atoms with E-state index in [-0.39, 0.29) is 5.91 Å². The van der Waals surface area contributed by atoms with Crippen molar-refractivity contribution in [2.75, 3.05) is 46.3 Å². The van der Waals surface area contributed by atoms with Crippen molar-refractivity contribution >= 4 is 11.7 Å². The highest BCUT2D eigenvalue weighted by Crippen LogP contribution is 2.06. The fraction of sp³-hybridized carbons (Fsp3) is 0.636. The summed E-state index contributed by atoms with van der Waals surface area (Å²) in [5.74, 6) is 0.175. The van der Waals surface area contributed by atoms with E-state index in [0.717, 1.165) is 6.42 Å². The molecule has 0 spiro atoms. The molecule has 0 aliphatic rings. The predicted molar refractivity (Wildman–Crippen MR) is 67.3 cm³/mol. The number of H-pyrrole nitrogens is 1. The van der Waals surface area contributed by atoms with E-state index in [2.05, 4.69) is 10.2 Å². The molecule has 0 aliphatic heterocycles. The third kappa shape index (κ3) is 4.34. The number of hydrogen-bond donors (Lipinski definition) is 2. The van der Waals surface area contributed by atoms with Gasteiger partial charge in [0, 0.05) is 40.0 Å². The van der Waals surface area contributed by atoms with Crippen molar-refractivity contribution in [3.63, 3.8) is 0 Å². The number of methoxy groups -OCH3 is 2. The molecule has 0 radical (unpaired) electrons. The van der Waals surface area contributed by atoms with Crippen LogP contribution in [0.2, 0.25) is 0 Å². The van der Waals surface area contributed by atoms with Crippen molar-refractivity contribution in [1.29, 1.82) is 0 Å².